The fourth-order valence-electron chi connectivity index (χ4n) is 3.57. The molecular weight excluding hydrogens is 382 g/mol. The Morgan fingerprint density at radius 1 is 0.933 bits per heavy atom. The summed E-state index contributed by atoms with van der Waals surface area (Å²) in [5, 5.41) is 11.4. The van der Waals surface area contributed by atoms with Crippen molar-refractivity contribution in [3.63, 3.8) is 0 Å². The topological polar surface area (TPSA) is 98.9 Å². The summed E-state index contributed by atoms with van der Waals surface area (Å²) in [6, 6.07) is 13.8. The van der Waals surface area contributed by atoms with Crippen molar-refractivity contribution in [2.75, 3.05) is 6.54 Å². The van der Waals surface area contributed by atoms with Gasteiger partial charge in [-0.3, -0.25) is 14.4 Å². The first-order valence-electron chi connectivity index (χ1n) is 10.1. The molecule has 8 heteroatoms. The van der Waals surface area contributed by atoms with Gasteiger partial charge in [0.2, 0.25) is 0 Å². The maximum absolute atomic E-state index is 12.5. The van der Waals surface area contributed by atoms with Crippen LogP contribution in [0, 0.1) is 0 Å². The monoisotopic (exact) mass is 405 g/mol. The quantitative estimate of drug-likeness (QED) is 0.663. The van der Waals surface area contributed by atoms with Crippen LogP contribution in [0.25, 0.3) is 0 Å². The first-order valence-corrected chi connectivity index (χ1v) is 10.1. The van der Waals surface area contributed by atoms with Crippen molar-refractivity contribution in [2.45, 2.75) is 38.8 Å². The number of aromatic nitrogens is 4. The Balaban J connectivity index is 1.40. The molecule has 0 saturated carbocycles. The Labute approximate surface area is 173 Å². The van der Waals surface area contributed by atoms with Gasteiger partial charge in [-0.25, -0.2) is 9.36 Å². The molecule has 2 heterocycles. The van der Waals surface area contributed by atoms with E-state index >= 15 is 0 Å². The minimum absolute atomic E-state index is 0.149. The molecule has 8 nitrogen and oxygen atoms in total. The van der Waals surface area contributed by atoms with Crippen LogP contribution >= 0.6 is 0 Å². The summed E-state index contributed by atoms with van der Waals surface area (Å²) < 4.78 is 2.66. The molecule has 1 amide bonds. The van der Waals surface area contributed by atoms with Crippen LogP contribution in [0.1, 0.15) is 40.2 Å². The average Bonchev–Trinajstić information content (AvgIpc) is 2.76. The van der Waals surface area contributed by atoms with Crippen LogP contribution in [-0.4, -0.2) is 32.0 Å². The molecule has 0 atom stereocenters. The molecular formula is C22H23N5O3. The Morgan fingerprint density at radius 2 is 1.73 bits per heavy atom. The van der Waals surface area contributed by atoms with Gasteiger partial charge in [0, 0.05) is 18.7 Å². The van der Waals surface area contributed by atoms with E-state index in [2.05, 4.69) is 15.5 Å². The summed E-state index contributed by atoms with van der Waals surface area (Å²) in [5.74, 6) is -0.400. The number of rotatable bonds is 6. The van der Waals surface area contributed by atoms with E-state index in [4.69, 9.17) is 0 Å². The number of carbonyl (C=O) groups excluding carboxylic acids is 1. The molecule has 0 spiro atoms. The molecule has 0 aliphatic heterocycles. The Hall–Kier alpha value is -3.55. The molecule has 2 aromatic heterocycles. The van der Waals surface area contributed by atoms with Gasteiger partial charge in [0.05, 0.1) is 18.8 Å². The predicted octanol–water partition coefficient (Wildman–Crippen LogP) is 1.16. The van der Waals surface area contributed by atoms with E-state index < -0.39 is 5.91 Å². The Kier molecular flexibility index (Phi) is 5.83. The van der Waals surface area contributed by atoms with Crippen molar-refractivity contribution in [1.82, 2.24) is 24.9 Å². The van der Waals surface area contributed by atoms with Crippen LogP contribution in [0.15, 0.2) is 58.1 Å². The number of aryl methyl sites for hydroxylation is 2. The number of nitrogens with zero attached hydrogens (tertiary/aromatic N) is 4. The fraction of sp³-hybridized carbons (Fsp3) is 0.318. The molecule has 30 heavy (non-hydrogen) atoms. The van der Waals surface area contributed by atoms with E-state index in [-0.39, 0.29) is 36.4 Å². The molecule has 0 saturated heterocycles. The number of benzene rings is 1. The van der Waals surface area contributed by atoms with Crippen LogP contribution in [-0.2, 0) is 25.9 Å². The zero-order valence-electron chi connectivity index (χ0n) is 16.6. The third-order valence-corrected chi connectivity index (χ3v) is 5.16. The maximum atomic E-state index is 12.5. The lowest BCUT2D eigenvalue weighted by atomic mass is 9.97. The maximum Gasteiger partial charge on any atom is 0.271 e. The van der Waals surface area contributed by atoms with Crippen molar-refractivity contribution < 1.29 is 4.79 Å². The van der Waals surface area contributed by atoms with Gasteiger partial charge in [-0.05, 0) is 42.9 Å². The van der Waals surface area contributed by atoms with Crippen molar-refractivity contribution in [1.29, 1.82) is 0 Å². The van der Waals surface area contributed by atoms with E-state index in [0.717, 1.165) is 42.5 Å². The van der Waals surface area contributed by atoms with Crippen LogP contribution < -0.4 is 16.4 Å². The molecule has 4 rings (SSSR count). The van der Waals surface area contributed by atoms with Gasteiger partial charge in [0.25, 0.3) is 17.0 Å². The second-order valence-electron chi connectivity index (χ2n) is 7.34. The second kappa shape index (κ2) is 8.86. The lowest BCUT2D eigenvalue weighted by Crippen LogP contribution is -2.34. The minimum atomic E-state index is -0.400. The van der Waals surface area contributed by atoms with E-state index in [0.29, 0.717) is 0 Å². The number of nitrogens with one attached hydrogen (secondary N) is 1. The second-order valence-corrected chi connectivity index (χ2v) is 7.34. The first kappa shape index (κ1) is 19.8. The summed E-state index contributed by atoms with van der Waals surface area (Å²) in [5.41, 5.74) is 2.65. The zero-order valence-corrected chi connectivity index (χ0v) is 16.6. The summed E-state index contributed by atoms with van der Waals surface area (Å²) in [4.78, 5) is 36.8. The molecule has 154 valence electrons. The largest absolute Gasteiger partial charge is 0.349 e. The van der Waals surface area contributed by atoms with E-state index in [9.17, 15) is 14.4 Å². The summed E-state index contributed by atoms with van der Waals surface area (Å²) in [6.07, 6.45) is 3.96. The Morgan fingerprint density at radius 3 is 2.57 bits per heavy atom. The molecule has 0 fully saturated rings. The van der Waals surface area contributed by atoms with E-state index in [1.54, 1.807) is 6.07 Å². The normalized spacial score (nSPS) is 12.9. The third kappa shape index (κ3) is 4.53. The zero-order chi connectivity index (χ0) is 20.9. The molecule has 1 aliphatic carbocycles. The van der Waals surface area contributed by atoms with Crippen molar-refractivity contribution in [3.8, 4) is 0 Å². The summed E-state index contributed by atoms with van der Waals surface area (Å²) >= 11 is 0. The number of amides is 1. The van der Waals surface area contributed by atoms with E-state index in [1.165, 1.54) is 21.5 Å². The smallest absolute Gasteiger partial charge is 0.271 e. The van der Waals surface area contributed by atoms with Gasteiger partial charge in [-0.1, -0.05) is 30.3 Å². The molecule has 0 radical (unpaired) electrons. The SMILES string of the molecule is O=C(NCCn1nc2c(cc1=O)CCCC2)c1ccc(=O)n(Cc2ccccc2)n1. The third-order valence-electron chi connectivity index (χ3n) is 5.16. The Bertz CT molecular complexity index is 1170. The number of carbonyl (C=O) groups is 1. The number of hydrogen-bond donors (Lipinski definition) is 1. The molecule has 1 N–H and O–H groups in total. The number of fused-ring (bicyclic) bond motifs is 1. The van der Waals surface area contributed by atoms with Gasteiger partial charge in [0.1, 0.15) is 5.69 Å². The highest BCUT2D eigenvalue weighted by Gasteiger charge is 2.14. The lowest BCUT2D eigenvalue weighted by molar-refractivity contribution is 0.0944. The standard InChI is InChI=1S/C22H23N5O3/c28-20-11-10-19(25-27(20)15-16-6-2-1-3-7-16)22(30)23-12-13-26-21(29)14-17-8-4-5-9-18(17)24-26/h1-3,6-7,10-11,14H,4-5,8-9,12-13,15H2,(H,23,30). The lowest BCUT2D eigenvalue weighted by Gasteiger charge is -2.16. The molecule has 1 aliphatic rings. The molecule has 0 bridgehead atoms. The fourth-order valence-corrected chi connectivity index (χ4v) is 3.57. The average molecular weight is 405 g/mol. The van der Waals surface area contributed by atoms with E-state index in [1.807, 2.05) is 30.3 Å². The summed E-state index contributed by atoms with van der Waals surface area (Å²) in [6.45, 7) is 0.806. The summed E-state index contributed by atoms with van der Waals surface area (Å²) in [7, 11) is 0. The molecule has 1 aromatic carbocycles. The minimum Gasteiger partial charge on any atom is -0.349 e. The highest BCUT2D eigenvalue weighted by atomic mass is 16.2. The molecule has 0 unspecified atom stereocenters. The van der Waals surface area contributed by atoms with Crippen LogP contribution in [0.5, 0.6) is 0 Å². The van der Waals surface area contributed by atoms with Gasteiger partial charge < -0.3 is 5.32 Å². The van der Waals surface area contributed by atoms with Gasteiger partial charge in [0.15, 0.2) is 0 Å². The van der Waals surface area contributed by atoms with Crippen molar-refractivity contribution in [3.05, 3.63) is 91.8 Å². The highest BCUT2D eigenvalue weighted by molar-refractivity contribution is 5.91. The van der Waals surface area contributed by atoms with Gasteiger partial charge >= 0.3 is 0 Å². The van der Waals surface area contributed by atoms with Crippen molar-refractivity contribution >= 4 is 5.91 Å². The van der Waals surface area contributed by atoms with Crippen LogP contribution in [0.3, 0.4) is 0 Å². The van der Waals surface area contributed by atoms with Crippen LogP contribution in [0.4, 0.5) is 0 Å². The van der Waals surface area contributed by atoms with Gasteiger partial charge in [-0.15, -0.1) is 0 Å². The predicted molar refractivity (Wildman–Crippen MR) is 112 cm³/mol. The van der Waals surface area contributed by atoms with Crippen LogP contribution in [0.2, 0.25) is 0 Å². The number of hydrogen-bond acceptors (Lipinski definition) is 5. The molecule has 3 aromatic rings. The van der Waals surface area contributed by atoms with Gasteiger partial charge in [-0.2, -0.15) is 10.2 Å². The highest BCUT2D eigenvalue weighted by Crippen LogP contribution is 2.16. The first-order chi connectivity index (χ1) is 14.6. The van der Waals surface area contributed by atoms with Crippen molar-refractivity contribution in [2.24, 2.45) is 0 Å².